The molecule has 3 heterocycles. The highest BCUT2D eigenvalue weighted by Gasteiger charge is 2.48. The van der Waals surface area contributed by atoms with E-state index in [1.807, 2.05) is 30.0 Å². The van der Waals surface area contributed by atoms with E-state index >= 15 is 0 Å². The minimum Gasteiger partial charge on any atom is -0.454 e. The smallest absolute Gasteiger partial charge is 0.248 e. The molecular weight excluding hydrogens is 376 g/mol. The van der Waals surface area contributed by atoms with Crippen LogP contribution in [-0.2, 0) is 21.2 Å². The van der Waals surface area contributed by atoms with Crippen molar-refractivity contribution in [2.75, 3.05) is 18.3 Å². The van der Waals surface area contributed by atoms with Gasteiger partial charge in [0.25, 0.3) is 0 Å². The maximum absolute atomic E-state index is 12.0. The summed E-state index contributed by atoms with van der Waals surface area (Å²) in [6.45, 7) is 2.63. The first kappa shape index (κ1) is 17.7. The molecule has 1 aromatic carbocycles. The lowest BCUT2D eigenvalue weighted by molar-refractivity contribution is -0.117. The predicted molar refractivity (Wildman–Crippen MR) is 99.3 cm³/mol. The van der Waals surface area contributed by atoms with Gasteiger partial charge in [0, 0.05) is 18.2 Å². The van der Waals surface area contributed by atoms with Crippen molar-refractivity contribution in [3.8, 4) is 11.5 Å². The van der Waals surface area contributed by atoms with Crippen molar-refractivity contribution in [1.82, 2.24) is 4.90 Å². The Hall–Kier alpha value is -1.74. The van der Waals surface area contributed by atoms with E-state index in [0.717, 1.165) is 12.0 Å². The number of hydrogen-bond donors (Lipinski definition) is 0. The van der Waals surface area contributed by atoms with Crippen molar-refractivity contribution in [3.05, 3.63) is 23.8 Å². The number of ether oxygens (including phenoxy) is 2. The predicted octanol–water partition coefficient (Wildman–Crippen LogP) is 1.81. The summed E-state index contributed by atoms with van der Waals surface area (Å²) in [4.78, 5) is 18.2. The maximum Gasteiger partial charge on any atom is 0.248 e. The van der Waals surface area contributed by atoms with Crippen molar-refractivity contribution >= 4 is 32.7 Å². The molecule has 2 fully saturated rings. The van der Waals surface area contributed by atoms with E-state index in [2.05, 4.69) is 4.99 Å². The number of fused-ring (bicyclic) bond motifs is 2. The SMILES string of the molecule is CCCC(=O)N=C1SC2CS(=O)(=O)CC2N1Cc1ccc2c(c1)OCO2. The number of aliphatic imine (C=N–C) groups is 1. The zero-order valence-electron chi connectivity index (χ0n) is 14.4. The maximum atomic E-state index is 12.0. The Morgan fingerprint density at radius 1 is 1.31 bits per heavy atom. The molecule has 0 saturated carbocycles. The Morgan fingerprint density at radius 2 is 2.12 bits per heavy atom. The molecule has 1 amide bonds. The topological polar surface area (TPSA) is 85.3 Å². The second-order valence-corrected chi connectivity index (χ2v) is 10.0. The number of carbonyl (C=O) groups excluding carboxylic acids is 1. The van der Waals surface area contributed by atoms with Gasteiger partial charge >= 0.3 is 0 Å². The minimum absolute atomic E-state index is 0.0674. The molecule has 3 aliphatic rings. The number of hydrogen-bond acceptors (Lipinski definition) is 6. The van der Waals surface area contributed by atoms with Gasteiger partial charge in [-0.25, -0.2) is 8.42 Å². The van der Waals surface area contributed by atoms with Gasteiger partial charge in [-0.15, -0.1) is 0 Å². The highest BCUT2D eigenvalue weighted by atomic mass is 32.2. The van der Waals surface area contributed by atoms with E-state index in [-0.39, 0.29) is 35.5 Å². The molecule has 0 N–H and O–H groups in total. The van der Waals surface area contributed by atoms with Gasteiger partial charge in [-0.05, 0) is 24.1 Å². The lowest BCUT2D eigenvalue weighted by Gasteiger charge is -2.24. The molecule has 1 aromatic rings. The van der Waals surface area contributed by atoms with E-state index in [0.29, 0.717) is 29.6 Å². The van der Waals surface area contributed by atoms with Crippen LogP contribution in [0, 0.1) is 0 Å². The molecule has 2 atom stereocenters. The molecule has 3 aliphatic heterocycles. The Kier molecular flexibility index (Phi) is 4.60. The molecule has 0 spiro atoms. The first-order chi connectivity index (χ1) is 12.4. The number of benzene rings is 1. The average Bonchev–Trinajstić information content (AvgIpc) is 3.22. The van der Waals surface area contributed by atoms with Crippen molar-refractivity contribution in [3.63, 3.8) is 0 Å². The lowest BCUT2D eigenvalue weighted by atomic mass is 10.1. The molecule has 2 saturated heterocycles. The second kappa shape index (κ2) is 6.77. The van der Waals surface area contributed by atoms with Gasteiger partial charge in [-0.3, -0.25) is 4.79 Å². The molecule has 0 aromatic heterocycles. The third kappa shape index (κ3) is 3.42. The van der Waals surface area contributed by atoms with Crippen molar-refractivity contribution in [1.29, 1.82) is 0 Å². The highest BCUT2D eigenvalue weighted by molar-refractivity contribution is 8.15. The quantitative estimate of drug-likeness (QED) is 0.767. The van der Waals surface area contributed by atoms with E-state index in [1.54, 1.807) is 0 Å². The molecule has 7 nitrogen and oxygen atoms in total. The summed E-state index contributed by atoms with van der Waals surface area (Å²) in [6.07, 6.45) is 1.14. The second-order valence-electron chi connectivity index (χ2n) is 6.65. The highest BCUT2D eigenvalue weighted by Crippen LogP contribution is 2.40. The first-order valence-electron chi connectivity index (χ1n) is 8.59. The molecule has 26 heavy (non-hydrogen) atoms. The summed E-state index contributed by atoms with van der Waals surface area (Å²) in [5.74, 6) is 1.48. The fourth-order valence-electron chi connectivity index (χ4n) is 3.43. The van der Waals surface area contributed by atoms with E-state index < -0.39 is 9.84 Å². The summed E-state index contributed by atoms with van der Waals surface area (Å²) in [5.41, 5.74) is 0.968. The van der Waals surface area contributed by atoms with Gasteiger partial charge in [0.1, 0.15) is 0 Å². The average molecular weight is 396 g/mol. The Bertz CT molecular complexity index is 868. The van der Waals surface area contributed by atoms with Crippen LogP contribution in [0.5, 0.6) is 11.5 Å². The van der Waals surface area contributed by atoms with E-state index in [9.17, 15) is 13.2 Å². The van der Waals surface area contributed by atoms with Gasteiger partial charge in [-0.2, -0.15) is 4.99 Å². The number of rotatable bonds is 4. The van der Waals surface area contributed by atoms with Crippen LogP contribution in [0.4, 0.5) is 0 Å². The molecule has 140 valence electrons. The summed E-state index contributed by atoms with van der Waals surface area (Å²) in [6, 6.07) is 5.53. The van der Waals surface area contributed by atoms with Crippen LogP contribution in [0.25, 0.3) is 0 Å². The summed E-state index contributed by atoms with van der Waals surface area (Å²) in [5, 5.41) is 0.563. The van der Waals surface area contributed by atoms with Gasteiger partial charge in [0.15, 0.2) is 26.5 Å². The summed E-state index contributed by atoms with van der Waals surface area (Å²) in [7, 11) is -3.05. The zero-order valence-corrected chi connectivity index (χ0v) is 16.0. The molecule has 0 bridgehead atoms. The fourth-order valence-corrected chi connectivity index (χ4v) is 7.40. The van der Waals surface area contributed by atoms with Gasteiger partial charge < -0.3 is 14.4 Å². The van der Waals surface area contributed by atoms with Crippen LogP contribution in [-0.4, -0.2) is 54.0 Å². The van der Waals surface area contributed by atoms with Crippen LogP contribution in [0.15, 0.2) is 23.2 Å². The van der Waals surface area contributed by atoms with Crippen LogP contribution in [0.1, 0.15) is 25.3 Å². The first-order valence-corrected chi connectivity index (χ1v) is 11.3. The van der Waals surface area contributed by atoms with Crippen LogP contribution >= 0.6 is 11.8 Å². The van der Waals surface area contributed by atoms with Crippen molar-refractivity contribution in [2.45, 2.75) is 37.6 Å². The molecule has 0 radical (unpaired) electrons. The minimum atomic E-state index is -3.05. The molecule has 0 aliphatic carbocycles. The summed E-state index contributed by atoms with van der Waals surface area (Å²) < 4.78 is 34.8. The Balaban J connectivity index is 1.61. The van der Waals surface area contributed by atoms with Gasteiger partial charge in [-0.1, -0.05) is 24.8 Å². The Labute approximate surface area is 156 Å². The monoisotopic (exact) mass is 396 g/mol. The standard InChI is InChI=1S/C17H20N2O5S2/c1-2-3-16(20)18-17-19(12-8-26(21,22)9-15(12)25-17)7-11-4-5-13-14(6-11)24-10-23-13/h4-6,12,15H,2-3,7-10H2,1H3. The number of carbonyl (C=O) groups is 1. The van der Waals surface area contributed by atoms with E-state index in [4.69, 9.17) is 9.47 Å². The normalized spacial score (nSPS) is 27.1. The number of amides is 1. The van der Waals surface area contributed by atoms with Crippen LogP contribution < -0.4 is 9.47 Å². The molecule has 9 heteroatoms. The van der Waals surface area contributed by atoms with Crippen LogP contribution in [0.2, 0.25) is 0 Å². The van der Waals surface area contributed by atoms with Crippen molar-refractivity contribution < 1.29 is 22.7 Å². The van der Waals surface area contributed by atoms with Crippen LogP contribution in [0.3, 0.4) is 0 Å². The molecule has 2 unspecified atom stereocenters. The zero-order chi connectivity index (χ0) is 18.3. The molecule has 4 rings (SSSR count). The molecular formula is C17H20N2O5S2. The van der Waals surface area contributed by atoms with Crippen molar-refractivity contribution in [2.24, 2.45) is 4.99 Å². The fraction of sp³-hybridized carbons (Fsp3) is 0.529. The number of thioether (sulfide) groups is 1. The largest absolute Gasteiger partial charge is 0.454 e. The van der Waals surface area contributed by atoms with E-state index in [1.165, 1.54) is 11.8 Å². The lowest BCUT2D eigenvalue weighted by Crippen LogP contribution is -2.37. The number of amidine groups is 1. The summed E-state index contributed by atoms with van der Waals surface area (Å²) >= 11 is 1.41. The number of nitrogens with zero attached hydrogens (tertiary/aromatic N) is 2. The van der Waals surface area contributed by atoms with Gasteiger partial charge in [0.05, 0.1) is 17.5 Å². The van der Waals surface area contributed by atoms with Gasteiger partial charge in [0.2, 0.25) is 12.7 Å². The Morgan fingerprint density at radius 3 is 2.92 bits per heavy atom. The third-order valence-corrected chi connectivity index (χ3v) is 7.90. The number of sulfone groups is 1. The third-order valence-electron chi connectivity index (χ3n) is 4.65.